The highest BCUT2D eigenvalue weighted by Gasteiger charge is 2.44. The summed E-state index contributed by atoms with van der Waals surface area (Å²) in [7, 11) is 0. The summed E-state index contributed by atoms with van der Waals surface area (Å²) in [5.74, 6) is 0. The van der Waals surface area contributed by atoms with Crippen molar-refractivity contribution in [1.29, 1.82) is 0 Å². The van der Waals surface area contributed by atoms with Gasteiger partial charge < -0.3 is 9.64 Å². The molecule has 2 rings (SSSR count). The van der Waals surface area contributed by atoms with Gasteiger partial charge in [0.05, 0.1) is 13.2 Å². The topological polar surface area (TPSA) is 12.5 Å². The van der Waals surface area contributed by atoms with E-state index in [2.05, 4.69) is 25.7 Å². The Morgan fingerprint density at radius 3 is 2.43 bits per heavy atom. The molecule has 0 amide bonds. The lowest BCUT2D eigenvalue weighted by atomic mass is 9.85. The van der Waals surface area contributed by atoms with Crippen molar-refractivity contribution in [2.24, 2.45) is 10.8 Å². The molecule has 2 nitrogen and oxygen atoms in total. The highest BCUT2D eigenvalue weighted by Crippen LogP contribution is 2.37. The highest BCUT2D eigenvalue weighted by atomic mass is 16.5. The van der Waals surface area contributed by atoms with Crippen LogP contribution in [-0.4, -0.2) is 37.7 Å². The number of nitrogens with zero attached hydrogens (tertiary/aromatic N) is 1. The van der Waals surface area contributed by atoms with Gasteiger partial charge in [-0.15, -0.1) is 0 Å². The summed E-state index contributed by atoms with van der Waals surface area (Å²) in [6.07, 6.45) is 2.67. The standard InChI is InChI=1S/C12H23NO/c1-11(2,3)4-6-13-7-5-12(8-13)9-14-10-12/h4-10H2,1-3H3. The number of rotatable bonds is 2. The second kappa shape index (κ2) is 3.49. The Bertz CT molecular complexity index is 203. The van der Waals surface area contributed by atoms with Crippen molar-refractivity contribution in [3.63, 3.8) is 0 Å². The van der Waals surface area contributed by atoms with Crippen LogP contribution in [0.5, 0.6) is 0 Å². The lowest BCUT2D eigenvalue weighted by Gasteiger charge is -2.38. The minimum Gasteiger partial charge on any atom is -0.380 e. The molecule has 82 valence electrons. The molecule has 2 aliphatic heterocycles. The normalized spacial score (nSPS) is 26.8. The van der Waals surface area contributed by atoms with E-state index in [1.807, 2.05) is 0 Å². The average molecular weight is 197 g/mol. The minimum atomic E-state index is 0.478. The van der Waals surface area contributed by atoms with Gasteiger partial charge >= 0.3 is 0 Å². The molecule has 0 bridgehead atoms. The first-order valence-electron chi connectivity index (χ1n) is 5.79. The molecule has 0 atom stereocenters. The maximum Gasteiger partial charge on any atom is 0.0557 e. The third-order valence-corrected chi connectivity index (χ3v) is 3.51. The first kappa shape index (κ1) is 10.4. The molecular weight excluding hydrogens is 174 g/mol. The van der Waals surface area contributed by atoms with Crippen molar-refractivity contribution >= 4 is 0 Å². The van der Waals surface area contributed by atoms with E-state index >= 15 is 0 Å². The summed E-state index contributed by atoms with van der Waals surface area (Å²) in [6, 6.07) is 0. The first-order valence-corrected chi connectivity index (χ1v) is 5.79. The Labute approximate surface area is 87.6 Å². The van der Waals surface area contributed by atoms with Crippen LogP contribution in [0.25, 0.3) is 0 Å². The molecule has 2 heterocycles. The third kappa shape index (κ3) is 2.29. The fourth-order valence-electron chi connectivity index (χ4n) is 2.34. The summed E-state index contributed by atoms with van der Waals surface area (Å²) < 4.78 is 5.33. The fraction of sp³-hybridized carbons (Fsp3) is 1.00. The fourth-order valence-corrected chi connectivity index (χ4v) is 2.34. The van der Waals surface area contributed by atoms with Gasteiger partial charge in [0, 0.05) is 12.0 Å². The monoisotopic (exact) mass is 197 g/mol. The Morgan fingerprint density at radius 2 is 2.00 bits per heavy atom. The molecule has 0 aromatic rings. The van der Waals surface area contributed by atoms with Crippen LogP contribution in [0, 0.1) is 10.8 Å². The zero-order valence-electron chi connectivity index (χ0n) is 9.81. The molecule has 0 saturated carbocycles. The van der Waals surface area contributed by atoms with Crippen LogP contribution in [0.3, 0.4) is 0 Å². The zero-order chi connectivity index (χ0) is 10.2. The van der Waals surface area contributed by atoms with Gasteiger partial charge in [0.2, 0.25) is 0 Å². The average Bonchev–Trinajstić information content (AvgIpc) is 2.42. The van der Waals surface area contributed by atoms with E-state index in [4.69, 9.17) is 4.74 Å². The second-order valence-electron chi connectivity index (χ2n) is 6.33. The van der Waals surface area contributed by atoms with Gasteiger partial charge in [-0.1, -0.05) is 20.8 Å². The molecule has 0 radical (unpaired) electrons. The summed E-state index contributed by atoms with van der Waals surface area (Å²) >= 11 is 0. The maximum absolute atomic E-state index is 5.33. The van der Waals surface area contributed by atoms with E-state index in [0.29, 0.717) is 10.8 Å². The summed E-state index contributed by atoms with van der Waals surface area (Å²) in [6.45, 7) is 12.8. The molecule has 0 aromatic heterocycles. The molecular formula is C12H23NO. The molecule has 0 aliphatic carbocycles. The van der Waals surface area contributed by atoms with Gasteiger partial charge in [-0.25, -0.2) is 0 Å². The lowest BCUT2D eigenvalue weighted by Crippen LogP contribution is -2.44. The van der Waals surface area contributed by atoms with Gasteiger partial charge in [0.1, 0.15) is 0 Å². The van der Waals surface area contributed by atoms with Gasteiger partial charge in [-0.05, 0) is 31.3 Å². The second-order valence-corrected chi connectivity index (χ2v) is 6.33. The molecule has 2 fully saturated rings. The predicted molar refractivity (Wildman–Crippen MR) is 58.4 cm³/mol. The van der Waals surface area contributed by atoms with Gasteiger partial charge in [-0.3, -0.25) is 0 Å². The molecule has 2 aliphatic rings. The number of hydrogen-bond donors (Lipinski definition) is 0. The van der Waals surface area contributed by atoms with E-state index in [1.54, 1.807) is 0 Å². The van der Waals surface area contributed by atoms with Crippen LogP contribution in [0.1, 0.15) is 33.6 Å². The Balaban J connectivity index is 1.74. The molecule has 2 saturated heterocycles. The predicted octanol–water partition coefficient (Wildman–Crippen LogP) is 2.14. The van der Waals surface area contributed by atoms with Crippen molar-refractivity contribution in [1.82, 2.24) is 4.90 Å². The van der Waals surface area contributed by atoms with Crippen molar-refractivity contribution in [3.05, 3.63) is 0 Å². The summed E-state index contributed by atoms with van der Waals surface area (Å²) in [4.78, 5) is 2.62. The molecule has 0 aromatic carbocycles. The van der Waals surface area contributed by atoms with Gasteiger partial charge in [0.25, 0.3) is 0 Å². The van der Waals surface area contributed by atoms with Crippen LogP contribution in [0.4, 0.5) is 0 Å². The highest BCUT2D eigenvalue weighted by molar-refractivity contribution is 4.94. The van der Waals surface area contributed by atoms with E-state index < -0.39 is 0 Å². The third-order valence-electron chi connectivity index (χ3n) is 3.51. The largest absolute Gasteiger partial charge is 0.380 e. The van der Waals surface area contributed by atoms with Crippen molar-refractivity contribution in [2.75, 3.05) is 32.8 Å². The maximum atomic E-state index is 5.33. The SMILES string of the molecule is CC(C)(C)CCN1CCC2(COC2)C1. The molecule has 2 heteroatoms. The quantitative estimate of drug-likeness (QED) is 0.672. The number of likely N-dealkylation sites (tertiary alicyclic amines) is 1. The van der Waals surface area contributed by atoms with Crippen LogP contribution in [-0.2, 0) is 4.74 Å². The molecule has 0 N–H and O–H groups in total. The lowest BCUT2D eigenvalue weighted by molar-refractivity contribution is -0.105. The van der Waals surface area contributed by atoms with Crippen LogP contribution in [0.15, 0.2) is 0 Å². The summed E-state index contributed by atoms with van der Waals surface area (Å²) in [5.41, 5.74) is 1.05. The molecule has 14 heavy (non-hydrogen) atoms. The zero-order valence-corrected chi connectivity index (χ0v) is 9.81. The Hall–Kier alpha value is -0.0800. The Kier molecular flexibility index (Phi) is 2.61. The molecule has 1 spiro atoms. The van der Waals surface area contributed by atoms with Crippen molar-refractivity contribution < 1.29 is 4.74 Å². The number of ether oxygens (including phenoxy) is 1. The molecule has 0 unspecified atom stereocenters. The van der Waals surface area contributed by atoms with Gasteiger partial charge in [0.15, 0.2) is 0 Å². The minimum absolute atomic E-state index is 0.478. The smallest absolute Gasteiger partial charge is 0.0557 e. The first-order chi connectivity index (χ1) is 6.49. The van der Waals surface area contributed by atoms with Crippen LogP contribution >= 0.6 is 0 Å². The van der Waals surface area contributed by atoms with E-state index in [9.17, 15) is 0 Å². The van der Waals surface area contributed by atoms with Crippen molar-refractivity contribution in [2.45, 2.75) is 33.6 Å². The summed E-state index contributed by atoms with van der Waals surface area (Å²) in [5, 5.41) is 0. The van der Waals surface area contributed by atoms with Crippen LogP contribution < -0.4 is 0 Å². The van der Waals surface area contributed by atoms with Crippen LogP contribution in [0.2, 0.25) is 0 Å². The number of hydrogen-bond acceptors (Lipinski definition) is 2. The van der Waals surface area contributed by atoms with Gasteiger partial charge in [-0.2, -0.15) is 0 Å². The van der Waals surface area contributed by atoms with E-state index in [1.165, 1.54) is 32.5 Å². The van der Waals surface area contributed by atoms with E-state index in [-0.39, 0.29) is 0 Å². The van der Waals surface area contributed by atoms with Crippen molar-refractivity contribution in [3.8, 4) is 0 Å². The Morgan fingerprint density at radius 1 is 1.29 bits per heavy atom. The van der Waals surface area contributed by atoms with E-state index in [0.717, 1.165) is 13.2 Å².